The molecule has 0 aliphatic carbocycles. The molecule has 0 unspecified atom stereocenters. The number of aliphatic hydroxyl groups excluding tert-OH is 1. The molecule has 1 aliphatic heterocycles. The number of carbonyl (C=O) groups is 3. The minimum atomic E-state index is 0. The average Bonchev–Trinajstić information content (AvgIpc) is 2.63. The Balaban J connectivity index is -0.00000159. The summed E-state index contributed by atoms with van der Waals surface area (Å²) in [4.78, 5) is 51.9. The fourth-order valence-corrected chi connectivity index (χ4v) is 3.30. The van der Waals surface area contributed by atoms with Crippen LogP contribution in [0.15, 0.2) is 0 Å². The van der Waals surface area contributed by atoms with Crippen LogP contribution in [0.5, 0.6) is 0 Å². The first-order chi connectivity index (χ1) is 14.2. The molecule has 1 saturated heterocycles. The van der Waals surface area contributed by atoms with Crippen LogP contribution in [0.25, 0.3) is 0 Å². The van der Waals surface area contributed by atoms with Crippen LogP contribution >= 0.6 is 0 Å². The molecule has 0 radical (unpaired) electrons. The van der Waals surface area contributed by atoms with Crippen LogP contribution in [0, 0.1) is 68.8 Å². The van der Waals surface area contributed by atoms with Crippen LogP contribution in [-0.2, 0) is 19.2 Å². The molecule has 0 aromatic heterocycles. The maximum Gasteiger partial charge on any atom is 2.00 e. The Bertz CT molecular complexity index is 508. The quantitative estimate of drug-likeness (QED) is 0.328. The first-order valence-corrected chi connectivity index (χ1v) is 10.3. The van der Waals surface area contributed by atoms with E-state index in [2.05, 4.69) is 19.6 Å². The van der Waals surface area contributed by atoms with E-state index in [1.807, 2.05) is 0 Å². The van der Waals surface area contributed by atoms with Crippen LogP contribution in [0.2, 0.25) is 0 Å². The Morgan fingerprint density at radius 1 is 0.719 bits per heavy atom. The van der Waals surface area contributed by atoms with Gasteiger partial charge in [-0.3, -0.25) is 35.4 Å². The van der Waals surface area contributed by atoms with Gasteiger partial charge in [-0.2, -0.15) is 6.92 Å². The summed E-state index contributed by atoms with van der Waals surface area (Å²) >= 11 is 0. The van der Waals surface area contributed by atoms with Crippen LogP contribution in [0.4, 0.5) is 0 Å². The van der Waals surface area contributed by atoms with E-state index in [1.54, 1.807) is 20.8 Å². The Kier molecular flexibility index (Phi) is 27.1. The van der Waals surface area contributed by atoms with Crippen LogP contribution in [-0.4, -0.2) is 127 Å². The molecule has 1 rings (SSSR count). The van der Waals surface area contributed by atoms with Crippen molar-refractivity contribution in [1.29, 1.82) is 0 Å². The smallest absolute Gasteiger partial charge is 0.565 e. The second-order valence-corrected chi connectivity index (χ2v) is 7.62. The molecule has 1 heterocycles. The van der Waals surface area contributed by atoms with E-state index in [0.29, 0.717) is 65.4 Å². The summed E-state index contributed by atoms with van der Waals surface area (Å²) in [5.74, 6) is 0.351. The Labute approximate surface area is 240 Å². The number of hydrogen-bond acceptors (Lipinski definition) is 9. The van der Waals surface area contributed by atoms with Crippen molar-refractivity contribution >= 4 is 23.6 Å². The van der Waals surface area contributed by atoms with Gasteiger partial charge in [-0.05, 0) is 20.8 Å². The Morgan fingerprint density at radius 2 is 0.938 bits per heavy atom. The zero-order valence-electron chi connectivity index (χ0n) is 19.9. The van der Waals surface area contributed by atoms with Gasteiger partial charge in [0.1, 0.15) is 17.3 Å². The van der Waals surface area contributed by atoms with Gasteiger partial charge >= 0.3 is 31.1 Å². The fourth-order valence-electron chi connectivity index (χ4n) is 3.30. The van der Waals surface area contributed by atoms with Crippen molar-refractivity contribution in [2.45, 2.75) is 27.7 Å². The third-order valence-corrected chi connectivity index (χ3v) is 4.61. The largest absolute Gasteiger partial charge is 2.00 e. The molecule has 0 bridgehead atoms. The number of carbonyl (C=O) groups excluding carboxylic acids is 4. The number of rotatable bonds is 8. The van der Waals surface area contributed by atoms with Crippen molar-refractivity contribution in [3.8, 4) is 0 Å². The van der Waals surface area contributed by atoms with Gasteiger partial charge in [0.2, 0.25) is 0 Å². The SMILES string of the molecule is CC(=O)CN1CCN(C[CH-]O)CCN(CC(C)=O)CCN(CC(C)=O)CC1.C[C-]=O.[U+2].[U]. The molecule has 0 atom stereocenters. The summed E-state index contributed by atoms with van der Waals surface area (Å²) < 4.78 is 0. The summed E-state index contributed by atoms with van der Waals surface area (Å²) in [6.07, 6.45) is 1.50. The Hall–Kier alpha value is 0.584. The standard InChI is InChI=1S/C19H35N4O4.C2H3O.2U/c1-17(25)14-21-6-4-20(12-13-24)5-7-22(15-18(2)26)9-11-23(10-8-21)16-19(3)27;1-2-3;;/h13,24H,4-12,14-16H2,1-3H3;1H3;;/q2*-1;;+2. The van der Waals surface area contributed by atoms with E-state index in [9.17, 15) is 19.5 Å². The average molecular weight is 903 g/mol. The molecule has 1 aliphatic rings. The second-order valence-electron chi connectivity index (χ2n) is 7.62. The molecule has 180 valence electrons. The number of aliphatic hydroxyl groups is 1. The van der Waals surface area contributed by atoms with Crippen molar-refractivity contribution in [3.63, 3.8) is 0 Å². The fraction of sp³-hybridized carbons (Fsp3) is 0.762. The van der Waals surface area contributed by atoms with E-state index in [1.165, 1.54) is 13.2 Å². The zero-order chi connectivity index (χ0) is 22.9. The van der Waals surface area contributed by atoms with Crippen LogP contribution in [0.3, 0.4) is 0 Å². The van der Waals surface area contributed by atoms with Crippen molar-refractivity contribution in [1.82, 2.24) is 19.6 Å². The normalized spacial score (nSPS) is 17.3. The van der Waals surface area contributed by atoms with E-state index < -0.39 is 0 Å². The molecule has 0 saturated carbocycles. The van der Waals surface area contributed by atoms with Gasteiger partial charge in [0.25, 0.3) is 0 Å². The van der Waals surface area contributed by atoms with Gasteiger partial charge < -0.3 is 14.8 Å². The zero-order valence-corrected chi connectivity index (χ0v) is 28.3. The third kappa shape index (κ3) is 21.1. The molecule has 1 N–H and O–H groups in total. The predicted molar refractivity (Wildman–Crippen MR) is 115 cm³/mol. The number of nitrogens with zero attached hydrogens (tertiary/aromatic N) is 4. The first-order valence-electron chi connectivity index (χ1n) is 10.3. The minimum absolute atomic E-state index is 0. The predicted octanol–water partition coefficient (Wildman–Crippen LogP) is -0.375. The van der Waals surface area contributed by atoms with Crippen LogP contribution < -0.4 is 0 Å². The van der Waals surface area contributed by atoms with Crippen molar-refractivity contribution in [2.24, 2.45) is 0 Å². The maximum absolute atomic E-state index is 11.6. The van der Waals surface area contributed by atoms with Gasteiger partial charge in [0.15, 0.2) is 0 Å². The monoisotopic (exact) mass is 902 g/mol. The van der Waals surface area contributed by atoms with Crippen molar-refractivity contribution < 1.29 is 86.5 Å². The van der Waals surface area contributed by atoms with E-state index >= 15 is 0 Å². The number of hydrogen-bond donors (Lipinski definition) is 1. The molecule has 0 amide bonds. The minimum Gasteiger partial charge on any atom is -0.565 e. The molecular formula is C21H38N4O5U2. The summed E-state index contributed by atoms with van der Waals surface area (Å²) in [5, 5.41) is 9.21. The van der Waals surface area contributed by atoms with Gasteiger partial charge in [-0.15, -0.1) is 6.54 Å². The van der Waals surface area contributed by atoms with E-state index in [-0.39, 0.29) is 79.6 Å². The molecule has 32 heavy (non-hydrogen) atoms. The van der Waals surface area contributed by atoms with Gasteiger partial charge in [-0.1, -0.05) is 0 Å². The molecular weight excluding hydrogens is 864 g/mol. The van der Waals surface area contributed by atoms with Gasteiger partial charge in [-0.25, -0.2) is 6.61 Å². The third-order valence-electron chi connectivity index (χ3n) is 4.61. The summed E-state index contributed by atoms with van der Waals surface area (Å²) in [5.41, 5.74) is 0. The Morgan fingerprint density at radius 3 is 1.12 bits per heavy atom. The van der Waals surface area contributed by atoms with Crippen molar-refractivity contribution in [3.05, 3.63) is 6.61 Å². The topological polar surface area (TPSA) is 101 Å². The molecule has 9 nitrogen and oxygen atoms in total. The second kappa shape index (κ2) is 23.3. The van der Waals surface area contributed by atoms with Crippen LogP contribution in [0.1, 0.15) is 27.7 Å². The summed E-state index contributed by atoms with van der Waals surface area (Å²) in [6.45, 7) is 14.5. The van der Waals surface area contributed by atoms with Gasteiger partial charge in [0, 0.05) is 83.5 Å². The molecule has 1 fully saturated rings. The van der Waals surface area contributed by atoms with E-state index in [4.69, 9.17) is 4.79 Å². The number of ketones is 3. The maximum atomic E-state index is 11.6. The van der Waals surface area contributed by atoms with Gasteiger partial charge in [0.05, 0.1) is 19.6 Å². The van der Waals surface area contributed by atoms with E-state index in [0.717, 1.165) is 19.7 Å². The molecule has 0 spiro atoms. The molecule has 0 aromatic carbocycles. The summed E-state index contributed by atoms with van der Waals surface area (Å²) in [7, 11) is 0. The summed E-state index contributed by atoms with van der Waals surface area (Å²) in [6, 6.07) is 0. The molecule has 0 aromatic rings. The number of Topliss-reactive ketones (excluding diaryl/α,β-unsaturated/α-hetero) is 3. The van der Waals surface area contributed by atoms with Crippen molar-refractivity contribution in [2.75, 3.05) is 78.5 Å². The molecule has 11 heteroatoms. The first kappa shape index (κ1) is 37.1.